The molecular formula is C6H8N4O2. The summed E-state index contributed by atoms with van der Waals surface area (Å²) in [6.07, 6.45) is 1.44. The smallest absolute Gasteiger partial charge is 0.137 e. The predicted molar refractivity (Wildman–Crippen MR) is 40.2 cm³/mol. The molecule has 1 aromatic rings. The molecule has 0 saturated carbocycles. The van der Waals surface area contributed by atoms with E-state index >= 15 is 0 Å². The van der Waals surface area contributed by atoms with Crippen molar-refractivity contribution in [2.24, 2.45) is 5.11 Å². The first kappa shape index (κ1) is 8.58. The zero-order valence-corrected chi connectivity index (χ0v) is 6.51. The van der Waals surface area contributed by atoms with E-state index in [0.717, 1.165) is 0 Å². The Hall–Kier alpha value is -1.52. The van der Waals surface area contributed by atoms with Crippen molar-refractivity contribution in [1.29, 1.82) is 0 Å². The molecule has 0 aromatic carbocycles. The first-order chi connectivity index (χ1) is 5.79. The number of aliphatic hydroxyl groups excluding tert-OH is 1. The van der Waals surface area contributed by atoms with Crippen LogP contribution in [0.3, 0.4) is 0 Å². The maximum absolute atomic E-state index is 8.82. The van der Waals surface area contributed by atoms with Gasteiger partial charge in [-0.05, 0) is 12.5 Å². The van der Waals surface area contributed by atoms with Crippen LogP contribution in [0.15, 0.2) is 15.8 Å². The molecule has 0 amide bonds. The molecule has 6 heteroatoms. The molecule has 6 nitrogen and oxygen atoms in total. The Bertz CT molecular complexity index is 302. The Kier molecular flexibility index (Phi) is 2.68. The third kappa shape index (κ3) is 1.55. The minimum Gasteiger partial charge on any atom is -0.396 e. The van der Waals surface area contributed by atoms with Crippen molar-refractivity contribution in [3.63, 3.8) is 0 Å². The second-order valence-electron chi connectivity index (χ2n) is 2.24. The number of hydrogen-bond acceptors (Lipinski definition) is 4. The zero-order valence-electron chi connectivity index (χ0n) is 6.51. The van der Waals surface area contributed by atoms with Crippen LogP contribution in [-0.2, 0) is 0 Å². The molecule has 1 aromatic heterocycles. The molecule has 1 unspecified atom stereocenters. The van der Waals surface area contributed by atoms with Crippen molar-refractivity contribution >= 4 is 0 Å². The van der Waals surface area contributed by atoms with Crippen LogP contribution in [0.5, 0.6) is 0 Å². The van der Waals surface area contributed by atoms with Gasteiger partial charge in [-0.15, -0.1) is 0 Å². The molecule has 0 fully saturated rings. The lowest BCUT2D eigenvalue weighted by Crippen LogP contribution is -1.99. The Morgan fingerprint density at radius 1 is 1.92 bits per heavy atom. The first-order valence-electron chi connectivity index (χ1n) is 3.35. The van der Waals surface area contributed by atoms with Crippen molar-refractivity contribution < 1.29 is 9.63 Å². The fraction of sp³-hybridized carbons (Fsp3) is 0.500. The zero-order chi connectivity index (χ0) is 8.97. The standard InChI is InChI=1S/C6H8N4O2/c1-4-5(2-8-12-4)6(3-11)9-10-7/h2,6,11H,3H2,1H3. The fourth-order valence-corrected chi connectivity index (χ4v) is 0.886. The lowest BCUT2D eigenvalue weighted by Gasteiger charge is -2.02. The number of hydrogen-bond donors (Lipinski definition) is 1. The fourth-order valence-electron chi connectivity index (χ4n) is 0.886. The molecular weight excluding hydrogens is 160 g/mol. The predicted octanol–water partition coefficient (Wildman–Crippen LogP) is 1.33. The molecule has 0 saturated heterocycles. The van der Waals surface area contributed by atoms with Crippen molar-refractivity contribution in [3.05, 3.63) is 28.0 Å². The summed E-state index contributed by atoms with van der Waals surface area (Å²) in [7, 11) is 0. The largest absolute Gasteiger partial charge is 0.396 e. The van der Waals surface area contributed by atoms with E-state index < -0.39 is 6.04 Å². The summed E-state index contributed by atoms with van der Waals surface area (Å²) in [6.45, 7) is 1.45. The number of rotatable bonds is 3. The SMILES string of the molecule is Cc1oncc1C(CO)N=[N+]=[N-]. The van der Waals surface area contributed by atoms with Crippen LogP contribution in [0.4, 0.5) is 0 Å². The summed E-state index contributed by atoms with van der Waals surface area (Å²) < 4.78 is 4.75. The highest BCUT2D eigenvalue weighted by atomic mass is 16.5. The van der Waals surface area contributed by atoms with E-state index in [1.165, 1.54) is 6.20 Å². The van der Waals surface area contributed by atoms with Gasteiger partial charge >= 0.3 is 0 Å². The summed E-state index contributed by atoms with van der Waals surface area (Å²) >= 11 is 0. The summed E-state index contributed by atoms with van der Waals surface area (Å²) in [6, 6.07) is -0.596. The maximum Gasteiger partial charge on any atom is 0.137 e. The third-order valence-corrected chi connectivity index (χ3v) is 1.51. The van der Waals surface area contributed by atoms with Crippen LogP contribution in [0.25, 0.3) is 10.4 Å². The van der Waals surface area contributed by atoms with E-state index in [9.17, 15) is 0 Å². The normalized spacial score (nSPS) is 12.2. The van der Waals surface area contributed by atoms with Gasteiger partial charge in [-0.25, -0.2) is 0 Å². The van der Waals surface area contributed by atoms with E-state index in [2.05, 4.69) is 15.2 Å². The van der Waals surface area contributed by atoms with Crippen molar-refractivity contribution in [2.45, 2.75) is 13.0 Å². The van der Waals surface area contributed by atoms with Crippen LogP contribution in [0.1, 0.15) is 17.4 Å². The Morgan fingerprint density at radius 2 is 2.67 bits per heavy atom. The van der Waals surface area contributed by atoms with Crippen LogP contribution in [-0.4, -0.2) is 16.9 Å². The quantitative estimate of drug-likeness (QED) is 0.419. The second kappa shape index (κ2) is 3.75. The molecule has 0 radical (unpaired) electrons. The molecule has 0 aliphatic rings. The van der Waals surface area contributed by atoms with E-state index in [0.29, 0.717) is 11.3 Å². The van der Waals surface area contributed by atoms with Crippen LogP contribution < -0.4 is 0 Å². The van der Waals surface area contributed by atoms with Gasteiger partial charge in [-0.2, -0.15) is 0 Å². The Morgan fingerprint density at radius 3 is 3.08 bits per heavy atom. The van der Waals surface area contributed by atoms with E-state index in [1.54, 1.807) is 6.92 Å². The van der Waals surface area contributed by atoms with Crippen LogP contribution in [0, 0.1) is 6.92 Å². The summed E-state index contributed by atoms with van der Waals surface area (Å²) in [4.78, 5) is 2.60. The molecule has 0 spiro atoms. The van der Waals surface area contributed by atoms with Crippen molar-refractivity contribution in [3.8, 4) is 0 Å². The monoisotopic (exact) mass is 168 g/mol. The van der Waals surface area contributed by atoms with Crippen molar-refractivity contribution in [1.82, 2.24) is 5.16 Å². The van der Waals surface area contributed by atoms with Crippen molar-refractivity contribution in [2.75, 3.05) is 6.61 Å². The molecule has 0 bridgehead atoms. The molecule has 1 heterocycles. The van der Waals surface area contributed by atoms with Gasteiger partial charge in [0.2, 0.25) is 0 Å². The summed E-state index contributed by atoms with van der Waals surface area (Å²) in [5, 5.41) is 15.7. The summed E-state index contributed by atoms with van der Waals surface area (Å²) in [5.74, 6) is 0.557. The van der Waals surface area contributed by atoms with Gasteiger partial charge in [0.1, 0.15) is 5.76 Å². The van der Waals surface area contributed by atoms with Crippen LogP contribution >= 0.6 is 0 Å². The molecule has 12 heavy (non-hydrogen) atoms. The highest BCUT2D eigenvalue weighted by Crippen LogP contribution is 2.19. The topological polar surface area (TPSA) is 95.0 Å². The van der Waals surface area contributed by atoms with Gasteiger partial charge in [0, 0.05) is 10.5 Å². The third-order valence-electron chi connectivity index (χ3n) is 1.51. The lowest BCUT2D eigenvalue weighted by atomic mass is 10.1. The van der Waals surface area contributed by atoms with E-state index in [1.807, 2.05) is 0 Å². The number of azide groups is 1. The van der Waals surface area contributed by atoms with Gasteiger partial charge in [-0.3, -0.25) is 0 Å². The van der Waals surface area contributed by atoms with Crippen LogP contribution in [0.2, 0.25) is 0 Å². The second-order valence-corrected chi connectivity index (χ2v) is 2.24. The first-order valence-corrected chi connectivity index (χ1v) is 3.35. The molecule has 0 aliphatic carbocycles. The molecule has 0 aliphatic heterocycles. The van der Waals surface area contributed by atoms with Gasteiger partial charge in [0.05, 0.1) is 18.8 Å². The number of aliphatic hydroxyl groups is 1. The molecule has 1 atom stereocenters. The number of aromatic nitrogens is 1. The molecule has 1 rings (SSSR count). The van der Waals surface area contributed by atoms with Gasteiger partial charge in [0.15, 0.2) is 0 Å². The number of nitrogens with zero attached hydrogens (tertiary/aromatic N) is 4. The average Bonchev–Trinajstić information content (AvgIpc) is 2.47. The van der Waals surface area contributed by atoms with Gasteiger partial charge in [0.25, 0.3) is 0 Å². The van der Waals surface area contributed by atoms with E-state index in [4.69, 9.17) is 15.2 Å². The number of aryl methyl sites for hydroxylation is 1. The van der Waals surface area contributed by atoms with Gasteiger partial charge in [-0.1, -0.05) is 10.3 Å². The molecule has 64 valence electrons. The molecule has 1 N–H and O–H groups in total. The summed E-state index contributed by atoms with van der Waals surface area (Å²) in [5.41, 5.74) is 8.77. The Labute approximate surface area is 68.4 Å². The maximum atomic E-state index is 8.82. The van der Waals surface area contributed by atoms with Gasteiger partial charge < -0.3 is 9.63 Å². The minimum atomic E-state index is -0.596. The lowest BCUT2D eigenvalue weighted by molar-refractivity contribution is 0.266. The average molecular weight is 168 g/mol. The Balaban J connectivity index is 2.93. The minimum absolute atomic E-state index is 0.244. The highest BCUT2D eigenvalue weighted by Gasteiger charge is 2.13. The van der Waals surface area contributed by atoms with E-state index in [-0.39, 0.29) is 6.61 Å². The highest BCUT2D eigenvalue weighted by molar-refractivity contribution is 5.16.